The lowest BCUT2D eigenvalue weighted by molar-refractivity contribution is 0.750. The molecule has 0 bridgehead atoms. The molecule has 0 radical (unpaired) electrons. The zero-order chi connectivity index (χ0) is 20.0. The van der Waals surface area contributed by atoms with Crippen LogP contribution >= 0.6 is 10.0 Å². The monoisotopic (exact) mass is 398 g/mol. The van der Waals surface area contributed by atoms with Gasteiger partial charge < -0.3 is 9.80 Å². The number of hydrogen-bond donors (Lipinski definition) is 0. The minimum Gasteiger partial charge on any atom is -0.372 e. The zero-order valence-corrected chi connectivity index (χ0v) is 19.1. The largest absolute Gasteiger partial charge is 0.372 e. The topological polar surface area (TPSA) is 6.48 Å². The molecule has 0 atom stereocenters. The van der Waals surface area contributed by atoms with Crippen LogP contribution in [0.25, 0.3) is 0 Å². The van der Waals surface area contributed by atoms with Crippen molar-refractivity contribution in [3.8, 4) is 0 Å². The fourth-order valence-electron chi connectivity index (χ4n) is 4.61. The van der Waals surface area contributed by atoms with Crippen molar-refractivity contribution in [2.75, 3.05) is 47.5 Å². The third-order valence-corrected chi connectivity index (χ3v) is 10.6. The summed E-state index contributed by atoms with van der Waals surface area (Å²) in [7, 11) is -0.953. The van der Waals surface area contributed by atoms with E-state index in [1.54, 1.807) is 9.79 Å². The first-order chi connectivity index (χ1) is 13.7. The molecule has 0 aliphatic carbocycles. The predicted octanol–water partition coefficient (Wildman–Crippen LogP) is 6.79. The summed E-state index contributed by atoms with van der Waals surface area (Å²) in [4.78, 5) is 8.14. The Kier molecular flexibility index (Phi) is 7.34. The molecule has 3 rings (SSSR count). The van der Waals surface area contributed by atoms with Crippen LogP contribution in [0.4, 0.5) is 11.4 Å². The second kappa shape index (κ2) is 9.73. The van der Waals surface area contributed by atoms with Gasteiger partial charge in [-0.1, -0.05) is 18.6 Å². The highest BCUT2D eigenvalue weighted by Gasteiger charge is 2.31. The fourth-order valence-corrected chi connectivity index (χ4v) is 8.79. The molecule has 1 aliphatic rings. The number of rotatable bonds is 8. The molecule has 0 amide bonds. The van der Waals surface area contributed by atoms with Gasteiger partial charge in [-0.05, 0) is 98.2 Å². The van der Waals surface area contributed by atoms with E-state index in [1.807, 2.05) is 0 Å². The highest BCUT2D eigenvalue weighted by Crippen LogP contribution is 2.65. The summed E-state index contributed by atoms with van der Waals surface area (Å²) in [5, 5.41) is 0. The Morgan fingerprint density at radius 1 is 0.643 bits per heavy atom. The van der Waals surface area contributed by atoms with E-state index in [0.717, 1.165) is 26.2 Å². The number of nitrogens with zero attached hydrogens (tertiary/aromatic N) is 2. The summed E-state index contributed by atoms with van der Waals surface area (Å²) in [5.41, 5.74) is 2.78. The van der Waals surface area contributed by atoms with Gasteiger partial charge >= 0.3 is 0 Å². The quantitative estimate of drug-likeness (QED) is 0.483. The Hall–Kier alpha value is -1.61. The van der Waals surface area contributed by atoms with Gasteiger partial charge in [0.05, 0.1) is 0 Å². The van der Waals surface area contributed by atoms with Crippen molar-refractivity contribution in [3.05, 3.63) is 48.5 Å². The molecule has 28 heavy (non-hydrogen) atoms. The van der Waals surface area contributed by atoms with Crippen molar-refractivity contribution in [2.45, 2.75) is 56.7 Å². The molecular weight excluding hydrogens is 360 g/mol. The highest BCUT2D eigenvalue weighted by molar-refractivity contribution is 8.33. The molecule has 0 aromatic heterocycles. The summed E-state index contributed by atoms with van der Waals surface area (Å²) >= 11 is 0. The number of anilines is 2. The molecule has 1 fully saturated rings. The van der Waals surface area contributed by atoms with Gasteiger partial charge in [0.25, 0.3) is 0 Å². The van der Waals surface area contributed by atoms with Crippen molar-refractivity contribution in [2.24, 2.45) is 0 Å². The Morgan fingerprint density at radius 2 is 1.07 bits per heavy atom. The Balaban J connectivity index is 2.08. The molecule has 0 spiro atoms. The van der Waals surface area contributed by atoms with Gasteiger partial charge in [0.2, 0.25) is 0 Å². The van der Waals surface area contributed by atoms with Gasteiger partial charge in [-0.15, -0.1) is 0 Å². The Morgan fingerprint density at radius 3 is 1.46 bits per heavy atom. The maximum atomic E-state index is 2.51. The van der Waals surface area contributed by atoms with Crippen LogP contribution in [0.1, 0.15) is 47.0 Å². The smallest absolute Gasteiger partial charge is 0.0376 e. The minimum atomic E-state index is -0.953. The van der Waals surface area contributed by atoms with E-state index >= 15 is 0 Å². The predicted molar refractivity (Wildman–Crippen MR) is 128 cm³/mol. The second-order valence-corrected chi connectivity index (χ2v) is 11.2. The van der Waals surface area contributed by atoms with Crippen LogP contribution in [0, 0.1) is 0 Å². The first-order valence-corrected chi connectivity index (χ1v) is 13.1. The molecule has 2 aromatic carbocycles. The maximum Gasteiger partial charge on any atom is 0.0376 e. The lowest BCUT2D eigenvalue weighted by Gasteiger charge is -2.45. The van der Waals surface area contributed by atoms with Gasteiger partial charge in [0.1, 0.15) is 0 Å². The van der Waals surface area contributed by atoms with Gasteiger partial charge in [0, 0.05) is 37.6 Å². The second-order valence-electron chi connectivity index (χ2n) is 7.69. The molecule has 154 valence electrons. The Bertz CT molecular complexity index is 686. The van der Waals surface area contributed by atoms with Crippen LogP contribution in [0.15, 0.2) is 58.3 Å². The van der Waals surface area contributed by atoms with E-state index in [0.29, 0.717) is 0 Å². The SMILES string of the molecule is CCN(CC)c1cccc(S2(c3cccc(N(CC)CC)c3)CCCCC2)c1. The van der Waals surface area contributed by atoms with Crippen molar-refractivity contribution >= 4 is 21.4 Å². The summed E-state index contributed by atoms with van der Waals surface area (Å²) in [6, 6.07) is 19.0. The van der Waals surface area contributed by atoms with Crippen LogP contribution in [-0.2, 0) is 0 Å². The van der Waals surface area contributed by atoms with Crippen LogP contribution < -0.4 is 9.80 Å². The maximum absolute atomic E-state index is 2.51. The van der Waals surface area contributed by atoms with Gasteiger partial charge in [0.15, 0.2) is 0 Å². The standard InChI is InChI=1S/C25H38N2S/c1-5-26(6-2)22-14-12-16-24(20-22)28(18-10-9-11-19-28)25-17-13-15-23(21-25)27(7-3)8-4/h12-17,20-21H,5-11,18-19H2,1-4H3. The van der Waals surface area contributed by atoms with Gasteiger partial charge in [-0.3, -0.25) is 0 Å². The van der Waals surface area contributed by atoms with E-state index in [4.69, 9.17) is 0 Å². The lowest BCUT2D eigenvalue weighted by Crippen LogP contribution is -2.23. The summed E-state index contributed by atoms with van der Waals surface area (Å²) in [6.45, 7) is 13.3. The summed E-state index contributed by atoms with van der Waals surface area (Å²) in [6.07, 6.45) is 4.11. The normalized spacial score (nSPS) is 17.1. The van der Waals surface area contributed by atoms with Crippen molar-refractivity contribution in [1.82, 2.24) is 0 Å². The first kappa shape index (κ1) is 21.1. The van der Waals surface area contributed by atoms with Crippen LogP contribution in [0.2, 0.25) is 0 Å². The first-order valence-electron chi connectivity index (χ1n) is 11.2. The highest BCUT2D eigenvalue weighted by atomic mass is 32.3. The summed E-state index contributed by atoms with van der Waals surface area (Å²) < 4.78 is 0. The molecule has 1 heterocycles. The number of benzene rings is 2. The lowest BCUT2D eigenvalue weighted by atomic mass is 10.2. The molecular formula is C25H38N2S. The van der Waals surface area contributed by atoms with E-state index in [9.17, 15) is 0 Å². The third kappa shape index (κ3) is 4.20. The van der Waals surface area contributed by atoms with Crippen molar-refractivity contribution in [1.29, 1.82) is 0 Å². The summed E-state index contributed by atoms with van der Waals surface area (Å²) in [5.74, 6) is 2.69. The van der Waals surface area contributed by atoms with E-state index in [-0.39, 0.29) is 0 Å². The fraction of sp³-hybridized carbons (Fsp3) is 0.520. The Labute approximate surface area is 174 Å². The van der Waals surface area contributed by atoms with E-state index < -0.39 is 10.0 Å². The zero-order valence-electron chi connectivity index (χ0n) is 18.3. The van der Waals surface area contributed by atoms with Crippen molar-refractivity contribution < 1.29 is 0 Å². The molecule has 2 aromatic rings. The van der Waals surface area contributed by atoms with Crippen LogP contribution in [0.3, 0.4) is 0 Å². The molecule has 3 heteroatoms. The average molecular weight is 399 g/mol. The molecule has 1 saturated heterocycles. The van der Waals surface area contributed by atoms with Crippen molar-refractivity contribution in [3.63, 3.8) is 0 Å². The molecule has 1 aliphatic heterocycles. The third-order valence-electron chi connectivity index (χ3n) is 6.28. The number of hydrogen-bond acceptors (Lipinski definition) is 2. The van der Waals surface area contributed by atoms with E-state index in [1.165, 1.54) is 42.1 Å². The molecule has 2 nitrogen and oxygen atoms in total. The van der Waals surface area contributed by atoms with Gasteiger partial charge in [-0.2, -0.15) is 10.0 Å². The minimum absolute atomic E-state index is 0.953. The van der Waals surface area contributed by atoms with Crippen LogP contribution in [-0.4, -0.2) is 37.7 Å². The van der Waals surface area contributed by atoms with Crippen LogP contribution in [0.5, 0.6) is 0 Å². The van der Waals surface area contributed by atoms with Gasteiger partial charge in [-0.25, -0.2) is 0 Å². The van der Waals surface area contributed by atoms with E-state index in [2.05, 4.69) is 86.0 Å². The molecule has 0 saturated carbocycles. The average Bonchev–Trinajstić information content (AvgIpc) is 2.76. The molecule has 0 unspecified atom stereocenters. The molecule has 0 N–H and O–H groups in total.